The van der Waals surface area contributed by atoms with Gasteiger partial charge in [-0.15, -0.1) is 0 Å². The number of rotatable bonds is 7. The van der Waals surface area contributed by atoms with Gasteiger partial charge in [-0.25, -0.2) is 4.39 Å². The van der Waals surface area contributed by atoms with Crippen molar-refractivity contribution in [3.63, 3.8) is 0 Å². The monoisotopic (exact) mass is 270 g/mol. The lowest BCUT2D eigenvalue weighted by atomic mass is 10.1. The van der Waals surface area contributed by atoms with Crippen molar-refractivity contribution < 1.29 is 9.50 Å². The van der Waals surface area contributed by atoms with Gasteiger partial charge in [-0.2, -0.15) is 0 Å². The molecule has 3 N–H and O–H groups in total. The van der Waals surface area contributed by atoms with Crippen LogP contribution in [0.4, 0.5) is 4.39 Å². The van der Waals surface area contributed by atoms with Crippen LogP contribution in [0.5, 0.6) is 0 Å². The third kappa shape index (κ3) is 4.68. The molecule has 1 aromatic carbocycles. The maximum Gasteiger partial charge on any atom is 0.124 e. The molecule has 0 aliphatic carbocycles. The molecule has 0 aliphatic rings. The molecule has 1 rings (SSSR count). The SMILES string of the molecule is CCN(CCCO)Cc1cc(F)cc(C(N)=S)c1. The lowest BCUT2D eigenvalue weighted by Crippen LogP contribution is -2.25. The zero-order valence-electron chi connectivity index (χ0n) is 10.5. The molecule has 18 heavy (non-hydrogen) atoms. The minimum Gasteiger partial charge on any atom is -0.396 e. The topological polar surface area (TPSA) is 49.5 Å². The Kier molecular flexibility index (Phi) is 6.18. The molecule has 0 aromatic heterocycles. The Hall–Kier alpha value is -1.04. The van der Waals surface area contributed by atoms with Gasteiger partial charge in [0.15, 0.2) is 0 Å². The third-order valence-electron chi connectivity index (χ3n) is 2.73. The molecule has 0 heterocycles. The average molecular weight is 270 g/mol. The van der Waals surface area contributed by atoms with E-state index >= 15 is 0 Å². The highest BCUT2D eigenvalue weighted by Gasteiger charge is 2.07. The molecule has 0 fully saturated rings. The molecule has 0 atom stereocenters. The van der Waals surface area contributed by atoms with E-state index < -0.39 is 0 Å². The normalized spacial score (nSPS) is 10.9. The number of nitrogens with two attached hydrogens (primary N) is 1. The second-order valence-electron chi connectivity index (χ2n) is 4.16. The summed E-state index contributed by atoms with van der Waals surface area (Å²) >= 11 is 4.86. The molecule has 0 amide bonds. The number of aliphatic hydroxyl groups excluding tert-OH is 1. The zero-order valence-corrected chi connectivity index (χ0v) is 11.3. The van der Waals surface area contributed by atoms with Gasteiger partial charge in [0.2, 0.25) is 0 Å². The van der Waals surface area contributed by atoms with Crippen molar-refractivity contribution in [3.8, 4) is 0 Å². The molecule has 0 aliphatic heterocycles. The Morgan fingerprint density at radius 3 is 2.72 bits per heavy atom. The predicted octanol–water partition coefficient (Wildman–Crippen LogP) is 1.66. The summed E-state index contributed by atoms with van der Waals surface area (Å²) in [4.78, 5) is 2.34. The lowest BCUT2D eigenvalue weighted by molar-refractivity contribution is 0.225. The average Bonchev–Trinajstić information content (AvgIpc) is 2.33. The lowest BCUT2D eigenvalue weighted by Gasteiger charge is -2.20. The minimum absolute atomic E-state index is 0.164. The maximum absolute atomic E-state index is 13.4. The van der Waals surface area contributed by atoms with Gasteiger partial charge in [-0.1, -0.05) is 19.1 Å². The van der Waals surface area contributed by atoms with Crippen LogP contribution in [0.25, 0.3) is 0 Å². The highest BCUT2D eigenvalue weighted by Crippen LogP contribution is 2.12. The highest BCUT2D eigenvalue weighted by atomic mass is 32.1. The first kappa shape index (κ1) is 15.0. The van der Waals surface area contributed by atoms with Crippen LogP contribution in [0.15, 0.2) is 18.2 Å². The van der Waals surface area contributed by atoms with Crippen LogP contribution in [-0.4, -0.2) is 34.7 Å². The van der Waals surface area contributed by atoms with E-state index in [2.05, 4.69) is 4.90 Å². The van der Waals surface area contributed by atoms with E-state index in [-0.39, 0.29) is 17.4 Å². The van der Waals surface area contributed by atoms with Gasteiger partial charge >= 0.3 is 0 Å². The standard InChI is InChI=1S/C13H19FN2OS/c1-2-16(4-3-5-17)9-10-6-11(13(15)18)8-12(14)7-10/h6-8,17H,2-5,9H2,1H3,(H2,15,18). The summed E-state index contributed by atoms with van der Waals surface area (Å²) in [5.41, 5.74) is 6.91. The summed E-state index contributed by atoms with van der Waals surface area (Å²) in [6.45, 7) is 4.46. The minimum atomic E-state index is -0.325. The van der Waals surface area contributed by atoms with Crippen LogP contribution < -0.4 is 5.73 Å². The third-order valence-corrected chi connectivity index (χ3v) is 2.96. The van der Waals surface area contributed by atoms with Crippen LogP contribution in [0.2, 0.25) is 0 Å². The molecule has 100 valence electrons. The number of aliphatic hydroxyl groups is 1. The molecule has 0 radical (unpaired) electrons. The number of nitrogens with zero attached hydrogens (tertiary/aromatic N) is 1. The number of benzene rings is 1. The van der Waals surface area contributed by atoms with E-state index in [0.717, 1.165) is 18.7 Å². The number of hydrogen-bond donors (Lipinski definition) is 2. The quantitative estimate of drug-likeness (QED) is 0.740. The van der Waals surface area contributed by atoms with Crippen LogP contribution in [0, 0.1) is 5.82 Å². The van der Waals surface area contributed by atoms with Gasteiger partial charge in [-0.05, 0) is 36.7 Å². The van der Waals surface area contributed by atoms with Crippen molar-refractivity contribution in [2.75, 3.05) is 19.7 Å². The van der Waals surface area contributed by atoms with Crippen LogP contribution in [0.3, 0.4) is 0 Å². The van der Waals surface area contributed by atoms with Gasteiger partial charge in [0.25, 0.3) is 0 Å². The van der Waals surface area contributed by atoms with Gasteiger partial charge in [0.1, 0.15) is 10.8 Å². The Labute approximate surface area is 112 Å². The van der Waals surface area contributed by atoms with Gasteiger partial charge in [0.05, 0.1) is 0 Å². The number of thiocarbonyl (C=S) groups is 1. The fraction of sp³-hybridized carbons (Fsp3) is 0.462. The molecule has 0 bridgehead atoms. The summed E-state index contributed by atoms with van der Waals surface area (Å²) in [5.74, 6) is -0.325. The van der Waals surface area contributed by atoms with Crippen molar-refractivity contribution in [3.05, 3.63) is 35.1 Å². The molecule has 1 aromatic rings. The van der Waals surface area contributed by atoms with Gasteiger partial charge in [0, 0.05) is 25.3 Å². The van der Waals surface area contributed by atoms with Crippen LogP contribution in [-0.2, 0) is 6.54 Å². The van der Waals surface area contributed by atoms with E-state index in [1.165, 1.54) is 12.1 Å². The van der Waals surface area contributed by atoms with Crippen LogP contribution in [0.1, 0.15) is 24.5 Å². The van der Waals surface area contributed by atoms with Gasteiger partial charge in [-0.3, -0.25) is 4.90 Å². The first-order valence-electron chi connectivity index (χ1n) is 5.99. The van der Waals surface area contributed by atoms with Crippen molar-refractivity contribution in [1.82, 2.24) is 4.90 Å². The maximum atomic E-state index is 13.4. The van der Waals surface area contributed by atoms with E-state index in [9.17, 15) is 4.39 Å². The number of hydrogen-bond acceptors (Lipinski definition) is 3. The fourth-order valence-corrected chi connectivity index (χ4v) is 1.90. The summed E-state index contributed by atoms with van der Waals surface area (Å²) in [5, 5.41) is 8.82. The largest absolute Gasteiger partial charge is 0.396 e. The molecule has 3 nitrogen and oxygen atoms in total. The predicted molar refractivity (Wildman–Crippen MR) is 74.9 cm³/mol. The second kappa shape index (κ2) is 7.41. The summed E-state index contributed by atoms with van der Waals surface area (Å²) < 4.78 is 13.4. The second-order valence-corrected chi connectivity index (χ2v) is 4.60. The van der Waals surface area contributed by atoms with E-state index in [4.69, 9.17) is 23.1 Å². The smallest absolute Gasteiger partial charge is 0.124 e. The molecule has 0 unspecified atom stereocenters. The summed E-state index contributed by atoms with van der Waals surface area (Å²) in [7, 11) is 0. The Morgan fingerprint density at radius 1 is 1.44 bits per heavy atom. The van der Waals surface area contributed by atoms with Gasteiger partial charge < -0.3 is 10.8 Å². The Morgan fingerprint density at radius 2 is 2.17 bits per heavy atom. The Balaban J connectivity index is 2.79. The van der Waals surface area contributed by atoms with Crippen molar-refractivity contribution >= 4 is 17.2 Å². The molecule has 5 heteroatoms. The van der Waals surface area contributed by atoms with Crippen LogP contribution >= 0.6 is 12.2 Å². The van der Waals surface area contributed by atoms with E-state index in [1.54, 1.807) is 0 Å². The first-order valence-corrected chi connectivity index (χ1v) is 6.40. The van der Waals surface area contributed by atoms with Crippen molar-refractivity contribution in [2.45, 2.75) is 19.9 Å². The summed E-state index contributed by atoms with van der Waals surface area (Å²) in [6, 6.07) is 4.65. The molecule has 0 saturated heterocycles. The van der Waals surface area contributed by atoms with Crippen molar-refractivity contribution in [1.29, 1.82) is 0 Å². The van der Waals surface area contributed by atoms with E-state index in [1.807, 2.05) is 13.0 Å². The molecule has 0 spiro atoms. The van der Waals surface area contributed by atoms with E-state index in [0.29, 0.717) is 18.5 Å². The fourth-order valence-electron chi connectivity index (χ4n) is 1.79. The number of halogens is 1. The molecular formula is C13H19FN2OS. The zero-order chi connectivity index (χ0) is 13.5. The Bertz CT molecular complexity index is 412. The van der Waals surface area contributed by atoms with Crippen molar-refractivity contribution in [2.24, 2.45) is 5.73 Å². The first-order chi connectivity index (χ1) is 8.56. The highest BCUT2D eigenvalue weighted by molar-refractivity contribution is 7.80. The molecule has 0 saturated carbocycles. The summed E-state index contributed by atoms with van der Waals surface area (Å²) in [6.07, 6.45) is 0.714. The molecular weight excluding hydrogens is 251 g/mol.